The summed E-state index contributed by atoms with van der Waals surface area (Å²) in [4.78, 5) is 24.5. The van der Waals surface area contributed by atoms with Gasteiger partial charge in [0.2, 0.25) is 17.7 Å². The Morgan fingerprint density at radius 3 is 2.47 bits per heavy atom. The van der Waals surface area contributed by atoms with E-state index in [1.54, 1.807) is 35.0 Å². The smallest absolute Gasteiger partial charge is 0.254 e. The Labute approximate surface area is 206 Å². The van der Waals surface area contributed by atoms with E-state index in [0.29, 0.717) is 29.8 Å². The molecule has 1 spiro atoms. The number of amides is 2. The van der Waals surface area contributed by atoms with Crippen molar-refractivity contribution in [3.05, 3.63) is 47.2 Å². The zero-order valence-electron chi connectivity index (χ0n) is 20.1. The Hall–Kier alpha value is -3.76. The quantitative estimate of drug-likeness (QED) is 0.444. The van der Waals surface area contributed by atoms with Gasteiger partial charge in [-0.25, -0.2) is 13.5 Å². The Morgan fingerprint density at radius 1 is 1.22 bits per heavy atom. The second-order valence-electron chi connectivity index (χ2n) is 10.4. The Kier molecular flexibility index (Phi) is 5.60. The Balaban J connectivity index is 1.20. The van der Waals surface area contributed by atoms with Crippen LogP contribution >= 0.6 is 0 Å². The first kappa shape index (κ1) is 24.0. The van der Waals surface area contributed by atoms with Crippen molar-refractivity contribution in [1.82, 2.24) is 14.9 Å². The summed E-state index contributed by atoms with van der Waals surface area (Å²) in [6.07, 6.45) is 1.34. The molecule has 9 nitrogen and oxygen atoms in total. The van der Waals surface area contributed by atoms with E-state index in [9.17, 15) is 18.4 Å². The van der Waals surface area contributed by atoms with Crippen molar-refractivity contribution >= 4 is 23.5 Å². The molecule has 2 heterocycles. The number of halogens is 2. The highest BCUT2D eigenvalue weighted by molar-refractivity contribution is 6.03. The maximum absolute atomic E-state index is 13.2. The van der Waals surface area contributed by atoms with Gasteiger partial charge in [-0.1, -0.05) is 29.4 Å². The number of aromatic nitrogens is 3. The van der Waals surface area contributed by atoms with Gasteiger partial charge in [0, 0.05) is 36.4 Å². The number of carbonyl (C=O) groups is 2. The van der Waals surface area contributed by atoms with Gasteiger partial charge in [0.1, 0.15) is 17.1 Å². The van der Waals surface area contributed by atoms with E-state index in [2.05, 4.69) is 15.6 Å². The minimum Gasteiger partial charge on any atom is -0.383 e. The van der Waals surface area contributed by atoms with Crippen LogP contribution in [0.25, 0.3) is 11.3 Å². The fourth-order valence-electron chi connectivity index (χ4n) is 5.50. The van der Waals surface area contributed by atoms with Crippen molar-refractivity contribution in [3.8, 4) is 11.3 Å². The van der Waals surface area contributed by atoms with Crippen LogP contribution in [0.1, 0.15) is 73.1 Å². The number of anilines is 2. The molecule has 3 aromatic rings. The zero-order valence-corrected chi connectivity index (χ0v) is 20.1. The van der Waals surface area contributed by atoms with E-state index in [1.165, 1.54) is 0 Å². The zero-order chi connectivity index (χ0) is 25.8. The first-order valence-corrected chi connectivity index (χ1v) is 11.9. The number of benzene rings is 1. The first-order chi connectivity index (χ1) is 17.0. The van der Waals surface area contributed by atoms with E-state index < -0.39 is 11.8 Å². The van der Waals surface area contributed by atoms with Crippen LogP contribution in [0.15, 0.2) is 34.9 Å². The average Bonchev–Trinajstić information content (AvgIpc) is 3.34. The molecular formula is C25H28F2N6O3. The molecule has 2 aliphatic carbocycles. The topological polar surface area (TPSA) is 142 Å². The third-order valence-corrected chi connectivity index (χ3v) is 7.11. The third kappa shape index (κ3) is 4.33. The molecule has 2 aliphatic rings. The molecule has 36 heavy (non-hydrogen) atoms. The highest BCUT2D eigenvalue weighted by atomic mass is 19.3. The molecule has 0 atom stereocenters. The van der Waals surface area contributed by atoms with E-state index in [0.717, 1.165) is 5.56 Å². The predicted molar refractivity (Wildman–Crippen MR) is 128 cm³/mol. The van der Waals surface area contributed by atoms with Gasteiger partial charge in [-0.15, -0.1) is 0 Å². The number of hydrogen-bond donors (Lipinski definition) is 3. The van der Waals surface area contributed by atoms with Gasteiger partial charge in [-0.2, -0.15) is 5.10 Å². The number of hydrogen-bond acceptors (Lipinski definition) is 6. The average molecular weight is 499 g/mol. The first-order valence-electron chi connectivity index (χ1n) is 11.9. The van der Waals surface area contributed by atoms with Crippen LogP contribution in [-0.4, -0.2) is 32.7 Å². The van der Waals surface area contributed by atoms with Gasteiger partial charge in [0.25, 0.3) is 5.91 Å². The molecule has 0 aliphatic heterocycles. The molecule has 11 heteroatoms. The van der Waals surface area contributed by atoms with Gasteiger partial charge in [-0.3, -0.25) is 14.9 Å². The summed E-state index contributed by atoms with van der Waals surface area (Å²) in [6.45, 7) is 3.80. The number of nitrogens with two attached hydrogens (primary N) is 2. The van der Waals surface area contributed by atoms with Crippen LogP contribution in [0.5, 0.6) is 0 Å². The van der Waals surface area contributed by atoms with Gasteiger partial charge in [0.05, 0.1) is 12.1 Å². The fourth-order valence-corrected chi connectivity index (χ4v) is 5.50. The largest absolute Gasteiger partial charge is 0.383 e. The van der Waals surface area contributed by atoms with Gasteiger partial charge in [0.15, 0.2) is 0 Å². The van der Waals surface area contributed by atoms with Crippen molar-refractivity contribution < 1.29 is 22.9 Å². The molecule has 0 radical (unpaired) electrons. The standard InChI is InChI=1S/C25H28F2N6O3/c1-13(2)33-22(28)20(23(29)35)21(31-33)15-5-3-14(4-6-15)7-18(34)30-19-8-17(32-36-19)16-9-24(10-16)11-25(26,27)12-24/h3-6,8,13,16H,7,9-12,28H2,1-2H3,(H2,29,35)(H,30,34). The van der Waals surface area contributed by atoms with E-state index >= 15 is 0 Å². The molecule has 0 bridgehead atoms. The molecule has 2 saturated carbocycles. The van der Waals surface area contributed by atoms with Crippen molar-refractivity contribution in [3.63, 3.8) is 0 Å². The van der Waals surface area contributed by atoms with Crippen LogP contribution < -0.4 is 16.8 Å². The molecule has 2 fully saturated rings. The maximum atomic E-state index is 13.2. The molecule has 5 N–H and O–H groups in total. The van der Waals surface area contributed by atoms with Crippen LogP contribution in [0.3, 0.4) is 0 Å². The number of rotatable bonds is 7. The van der Waals surface area contributed by atoms with Crippen LogP contribution in [0.2, 0.25) is 0 Å². The predicted octanol–water partition coefficient (Wildman–Crippen LogP) is 4.27. The Bertz CT molecular complexity index is 1310. The van der Waals surface area contributed by atoms with E-state index in [1.807, 2.05) is 13.8 Å². The maximum Gasteiger partial charge on any atom is 0.254 e. The third-order valence-electron chi connectivity index (χ3n) is 7.11. The SMILES string of the molecule is CC(C)n1nc(-c2ccc(CC(=O)Nc3cc(C4CC5(C4)CC(F)(F)C5)no3)cc2)c(C(N)=O)c1N. The molecule has 5 rings (SSSR count). The molecule has 0 unspecified atom stereocenters. The number of alkyl halides is 2. The number of nitrogens with zero attached hydrogens (tertiary/aromatic N) is 3. The van der Waals surface area contributed by atoms with Gasteiger partial charge in [-0.05, 0) is 37.7 Å². The normalized spacial score (nSPS) is 18.1. The summed E-state index contributed by atoms with van der Waals surface area (Å²) >= 11 is 0. The highest BCUT2D eigenvalue weighted by Gasteiger charge is 2.62. The van der Waals surface area contributed by atoms with Crippen LogP contribution in [0.4, 0.5) is 20.5 Å². The lowest BCUT2D eigenvalue weighted by Crippen LogP contribution is -2.52. The highest BCUT2D eigenvalue weighted by Crippen LogP contribution is 2.66. The van der Waals surface area contributed by atoms with Crippen molar-refractivity contribution in [2.45, 2.75) is 63.8 Å². The summed E-state index contributed by atoms with van der Waals surface area (Å²) in [5, 5.41) is 11.2. The van der Waals surface area contributed by atoms with Gasteiger partial charge < -0.3 is 16.0 Å². The summed E-state index contributed by atoms with van der Waals surface area (Å²) in [7, 11) is 0. The molecule has 2 aromatic heterocycles. The van der Waals surface area contributed by atoms with Crippen molar-refractivity contribution in [2.75, 3.05) is 11.1 Å². The summed E-state index contributed by atoms with van der Waals surface area (Å²) in [6, 6.07) is 8.64. The molecule has 2 amide bonds. The molecule has 0 saturated heterocycles. The number of nitrogen functional groups attached to an aromatic ring is 1. The number of carbonyl (C=O) groups excluding carboxylic acids is 2. The lowest BCUT2D eigenvalue weighted by Gasteiger charge is -2.56. The summed E-state index contributed by atoms with van der Waals surface area (Å²) < 4.78 is 33.2. The lowest BCUT2D eigenvalue weighted by molar-refractivity contribution is -0.196. The summed E-state index contributed by atoms with van der Waals surface area (Å²) in [5.41, 5.74) is 14.0. The van der Waals surface area contributed by atoms with E-state index in [-0.39, 0.29) is 59.8 Å². The van der Waals surface area contributed by atoms with Gasteiger partial charge >= 0.3 is 0 Å². The monoisotopic (exact) mass is 498 g/mol. The minimum atomic E-state index is -2.53. The Morgan fingerprint density at radius 2 is 1.89 bits per heavy atom. The molecule has 1 aromatic carbocycles. The number of primary amides is 1. The molecule has 190 valence electrons. The van der Waals surface area contributed by atoms with Crippen molar-refractivity contribution in [1.29, 1.82) is 0 Å². The number of nitrogens with one attached hydrogen (secondary N) is 1. The van der Waals surface area contributed by atoms with Crippen LogP contribution in [0, 0.1) is 5.41 Å². The van der Waals surface area contributed by atoms with Crippen molar-refractivity contribution in [2.24, 2.45) is 11.1 Å². The molecular weight excluding hydrogens is 470 g/mol. The lowest BCUT2D eigenvalue weighted by atomic mass is 9.50. The second-order valence-corrected chi connectivity index (χ2v) is 10.4. The summed E-state index contributed by atoms with van der Waals surface area (Å²) in [5.74, 6) is -2.95. The fraction of sp³-hybridized carbons (Fsp3) is 0.440. The van der Waals surface area contributed by atoms with Crippen LogP contribution in [-0.2, 0) is 11.2 Å². The van der Waals surface area contributed by atoms with E-state index in [4.69, 9.17) is 16.0 Å². The minimum absolute atomic E-state index is 0.0480. The second kappa shape index (κ2) is 8.42.